The van der Waals surface area contributed by atoms with Gasteiger partial charge in [0.1, 0.15) is 6.61 Å². The zero-order valence-corrected chi connectivity index (χ0v) is 29.7. The average molecular weight is 694 g/mol. The van der Waals surface area contributed by atoms with Gasteiger partial charge < -0.3 is 43.0 Å². The van der Waals surface area contributed by atoms with Crippen LogP contribution in [0.2, 0.25) is 0 Å². The molecule has 2 heterocycles. The second-order valence-corrected chi connectivity index (χ2v) is 11.7. The van der Waals surface area contributed by atoms with Crippen LogP contribution in [0.3, 0.4) is 0 Å². The molecule has 13 heteroatoms. The van der Waals surface area contributed by atoms with Gasteiger partial charge in [-0.1, -0.05) is 6.07 Å². The lowest BCUT2D eigenvalue weighted by Gasteiger charge is -2.27. The summed E-state index contributed by atoms with van der Waals surface area (Å²) in [5, 5.41) is 0. The Morgan fingerprint density at radius 3 is 1.86 bits per heavy atom. The van der Waals surface area contributed by atoms with Crippen molar-refractivity contribution in [3.8, 4) is 34.5 Å². The quantitative estimate of drug-likeness (QED) is 0.131. The maximum absolute atomic E-state index is 13.5. The number of methoxy groups -OCH3 is 6. The van der Waals surface area contributed by atoms with Crippen molar-refractivity contribution in [1.82, 2.24) is 14.8 Å². The van der Waals surface area contributed by atoms with E-state index in [9.17, 15) is 14.4 Å². The number of ether oxygens (including phenoxy) is 7. The summed E-state index contributed by atoms with van der Waals surface area (Å²) in [6.07, 6.45) is 7.11. The Kier molecular flexibility index (Phi) is 13.9. The van der Waals surface area contributed by atoms with E-state index >= 15 is 0 Å². The van der Waals surface area contributed by atoms with Gasteiger partial charge in [-0.05, 0) is 80.0 Å². The molecule has 3 aromatic rings. The van der Waals surface area contributed by atoms with E-state index < -0.39 is 23.8 Å². The average Bonchev–Trinajstić information content (AvgIpc) is 3.63. The number of nitrogens with zero attached hydrogens (tertiary/aromatic N) is 3. The molecule has 50 heavy (non-hydrogen) atoms. The van der Waals surface area contributed by atoms with Crippen molar-refractivity contribution in [2.45, 2.75) is 44.6 Å². The minimum absolute atomic E-state index is 0.0287. The molecule has 1 fully saturated rings. The van der Waals surface area contributed by atoms with Gasteiger partial charge in [0.05, 0.1) is 48.7 Å². The Bertz CT molecular complexity index is 1550. The van der Waals surface area contributed by atoms with E-state index in [4.69, 9.17) is 33.2 Å². The van der Waals surface area contributed by atoms with Crippen molar-refractivity contribution in [3.05, 3.63) is 65.5 Å². The highest BCUT2D eigenvalue weighted by atomic mass is 16.6. The van der Waals surface area contributed by atoms with Crippen molar-refractivity contribution in [3.63, 3.8) is 0 Å². The zero-order valence-electron chi connectivity index (χ0n) is 29.7. The van der Waals surface area contributed by atoms with Crippen LogP contribution < -0.4 is 28.4 Å². The summed E-state index contributed by atoms with van der Waals surface area (Å²) in [4.78, 5) is 47.7. The lowest BCUT2D eigenvalue weighted by molar-refractivity contribution is -0.128. The number of rotatable bonds is 18. The first-order valence-electron chi connectivity index (χ1n) is 16.5. The molecule has 13 nitrogen and oxygen atoms in total. The van der Waals surface area contributed by atoms with Crippen LogP contribution >= 0.6 is 0 Å². The normalized spacial score (nSPS) is 13.7. The van der Waals surface area contributed by atoms with Crippen LogP contribution in [0, 0.1) is 0 Å². The van der Waals surface area contributed by atoms with Gasteiger partial charge in [-0.25, -0.2) is 4.79 Å². The lowest BCUT2D eigenvalue weighted by Crippen LogP contribution is -2.43. The first-order chi connectivity index (χ1) is 24.3. The second kappa shape index (κ2) is 18.5. The maximum Gasteiger partial charge on any atom is 0.409 e. The van der Waals surface area contributed by atoms with Crippen molar-refractivity contribution >= 4 is 17.8 Å². The molecular weight excluding hydrogens is 646 g/mol. The van der Waals surface area contributed by atoms with E-state index in [-0.39, 0.29) is 23.7 Å². The third-order valence-electron chi connectivity index (χ3n) is 8.65. The van der Waals surface area contributed by atoms with Crippen LogP contribution in [0.5, 0.6) is 34.5 Å². The van der Waals surface area contributed by atoms with E-state index in [2.05, 4.69) is 4.98 Å². The molecule has 1 saturated heterocycles. The highest BCUT2D eigenvalue weighted by Crippen LogP contribution is 2.39. The summed E-state index contributed by atoms with van der Waals surface area (Å²) < 4.78 is 38.3. The summed E-state index contributed by atoms with van der Waals surface area (Å²) in [6, 6.07) is 10.2. The number of carbonyl (C=O) groups is 3. The zero-order chi connectivity index (χ0) is 36.0. The topological polar surface area (TPSA) is 135 Å². The number of aryl methyl sites for hydroxylation is 2. The fraction of sp³-hybridized carbons (Fsp3) is 0.459. The number of hydrogen-bond acceptors (Lipinski definition) is 11. The number of benzene rings is 2. The maximum atomic E-state index is 13.5. The van der Waals surface area contributed by atoms with E-state index in [0.717, 1.165) is 17.5 Å². The number of ketones is 1. The van der Waals surface area contributed by atoms with Crippen LogP contribution in [0.25, 0.3) is 0 Å². The molecule has 1 atom stereocenters. The first-order valence-corrected chi connectivity index (χ1v) is 16.5. The Balaban J connectivity index is 1.41. The third-order valence-corrected chi connectivity index (χ3v) is 8.65. The van der Waals surface area contributed by atoms with Crippen molar-refractivity contribution < 1.29 is 47.5 Å². The van der Waals surface area contributed by atoms with Gasteiger partial charge in [0, 0.05) is 37.6 Å². The van der Waals surface area contributed by atoms with E-state index in [1.807, 2.05) is 30.5 Å². The van der Waals surface area contributed by atoms with Crippen molar-refractivity contribution in [2.75, 3.05) is 68.9 Å². The molecule has 270 valence electrons. The Hall–Kier alpha value is -5.20. The minimum Gasteiger partial charge on any atom is -0.493 e. The van der Waals surface area contributed by atoms with Gasteiger partial charge in [-0.2, -0.15) is 0 Å². The standard InChI is InChI=1S/C37H47N3O10/c1-44-29-19-26(20-30(45-2)34(29)48-5)13-9-17-39(16-8-12-25-11-7-15-38-23-25)37(43)50-24-28-14-10-18-40(28)36(42)33(41)27-21-31(46-3)35(49-6)32(22-27)47-4/h7,11,15,19-23,28H,8-10,12-14,16-18,24H2,1-6H3/t28-/m0/s1. The number of likely N-dealkylation sites (tertiary alicyclic amines) is 1. The molecule has 1 aromatic heterocycles. The van der Waals surface area contributed by atoms with Gasteiger partial charge in [-0.15, -0.1) is 0 Å². The smallest absolute Gasteiger partial charge is 0.409 e. The first kappa shape index (κ1) is 37.6. The van der Waals surface area contributed by atoms with Gasteiger partial charge in [0.15, 0.2) is 23.0 Å². The Labute approximate surface area is 293 Å². The Morgan fingerprint density at radius 1 is 0.780 bits per heavy atom. The molecular formula is C37H47N3O10. The third kappa shape index (κ3) is 9.27. The highest BCUT2D eigenvalue weighted by molar-refractivity contribution is 6.43. The van der Waals surface area contributed by atoms with Crippen LogP contribution in [0.1, 0.15) is 47.2 Å². The number of amides is 2. The molecule has 1 aliphatic heterocycles. The van der Waals surface area contributed by atoms with Gasteiger partial charge in [-0.3, -0.25) is 14.6 Å². The van der Waals surface area contributed by atoms with E-state index in [1.54, 1.807) is 32.4 Å². The highest BCUT2D eigenvalue weighted by Gasteiger charge is 2.35. The molecule has 2 amide bonds. The van der Waals surface area contributed by atoms with E-state index in [0.29, 0.717) is 74.7 Å². The summed E-state index contributed by atoms with van der Waals surface area (Å²) in [5.74, 6) is 1.10. The molecule has 0 unspecified atom stereocenters. The molecule has 0 radical (unpaired) electrons. The fourth-order valence-corrected chi connectivity index (χ4v) is 6.07. The number of carbonyl (C=O) groups excluding carboxylic acids is 3. The monoisotopic (exact) mass is 693 g/mol. The number of hydrogen-bond donors (Lipinski definition) is 0. The van der Waals surface area contributed by atoms with Crippen LogP contribution in [-0.4, -0.2) is 108 Å². The summed E-state index contributed by atoms with van der Waals surface area (Å²) >= 11 is 0. The number of aromatic nitrogens is 1. The SMILES string of the molecule is COc1cc(CCCN(CCCc2cccnc2)C(=O)OC[C@@H]2CCCN2C(=O)C(=O)c2cc(OC)c(OC)c(OC)c2)cc(OC)c1OC. The molecule has 0 bridgehead atoms. The van der Waals surface area contributed by atoms with E-state index in [1.165, 1.54) is 38.4 Å². The van der Waals surface area contributed by atoms with Gasteiger partial charge in [0.2, 0.25) is 11.5 Å². The van der Waals surface area contributed by atoms with Crippen LogP contribution in [0.15, 0.2) is 48.8 Å². The lowest BCUT2D eigenvalue weighted by atomic mass is 10.1. The second-order valence-electron chi connectivity index (χ2n) is 11.7. The summed E-state index contributed by atoms with van der Waals surface area (Å²) in [6.45, 7) is 1.26. The summed E-state index contributed by atoms with van der Waals surface area (Å²) in [5.41, 5.74) is 2.16. The molecule has 0 saturated carbocycles. The predicted molar refractivity (Wildman–Crippen MR) is 185 cm³/mol. The van der Waals surface area contributed by atoms with Crippen LogP contribution in [-0.2, 0) is 22.4 Å². The number of Topliss-reactive ketones (excluding diaryl/α,β-unsaturated/α-hetero) is 1. The van der Waals surface area contributed by atoms with Gasteiger partial charge >= 0.3 is 6.09 Å². The molecule has 0 N–H and O–H groups in total. The largest absolute Gasteiger partial charge is 0.493 e. The molecule has 4 rings (SSSR count). The predicted octanol–water partition coefficient (Wildman–Crippen LogP) is 5.01. The number of pyridine rings is 1. The molecule has 1 aliphatic rings. The fourth-order valence-electron chi connectivity index (χ4n) is 6.07. The van der Waals surface area contributed by atoms with Crippen molar-refractivity contribution in [1.29, 1.82) is 0 Å². The molecule has 0 aliphatic carbocycles. The van der Waals surface area contributed by atoms with Crippen LogP contribution in [0.4, 0.5) is 4.79 Å². The summed E-state index contributed by atoms with van der Waals surface area (Å²) in [7, 11) is 9.04. The Morgan fingerprint density at radius 2 is 1.34 bits per heavy atom. The van der Waals surface area contributed by atoms with Gasteiger partial charge in [0.25, 0.3) is 11.7 Å². The van der Waals surface area contributed by atoms with Crippen molar-refractivity contribution in [2.24, 2.45) is 0 Å². The molecule has 2 aromatic carbocycles. The minimum atomic E-state index is -0.716. The molecule has 0 spiro atoms.